The van der Waals surface area contributed by atoms with Crippen molar-refractivity contribution in [2.45, 2.75) is 44.7 Å². The van der Waals surface area contributed by atoms with Crippen molar-refractivity contribution in [1.29, 1.82) is 0 Å². The van der Waals surface area contributed by atoms with E-state index in [1.807, 2.05) is 0 Å². The number of aryl methyl sites for hydroxylation is 2. The summed E-state index contributed by atoms with van der Waals surface area (Å²) in [5.41, 5.74) is 2.53. The molecule has 2 aromatic rings. The van der Waals surface area contributed by atoms with E-state index >= 15 is 0 Å². The molecule has 0 aliphatic carbocycles. The number of hydrogen-bond acceptors (Lipinski definition) is 4. The first-order valence-corrected chi connectivity index (χ1v) is 9.05. The molecule has 3 rings (SSSR count). The highest BCUT2D eigenvalue weighted by atomic mass is 32.1. The number of thiazole rings is 1. The van der Waals surface area contributed by atoms with Crippen molar-refractivity contribution < 1.29 is 5.11 Å². The molecule has 0 bridgehead atoms. The van der Waals surface area contributed by atoms with Crippen LogP contribution in [0.2, 0.25) is 0 Å². The van der Waals surface area contributed by atoms with Gasteiger partial charge in [0.25, 0.3) is 0 Å². The largest absolute Gasteiger partial charge is 0.395 e. The van der Waals surface area contributed by atoms with Gasteiger partial charge in [0, 0.05) is 24.4 Å². The zero-order valence-electron chi connectivity index (χ0n) is 12.9. The van der Waals surface area contributed by atoms with E-state index in [2.05, 4.69) is 40.6 Å². The van der Waals surface area contributed by atoms with E-state index in [0.717, 1.165) is 38.0 Å². The summed E-state index contributed by atoms with van der Waals surface area (Å²) in [7, 11) is 0. The molecule has 1 aliphatic rings. The molecule has 1 atom stereocenters. The van der Waals surface area contributed by atoms with Crippen molar-refractivity contribution in [3.8, 4) is 0 Å². The lowest BCUT2D eigenvalue weighted by atomic mass is 10.0. The Kier molecular flexibility index (Phi) is 5.59. The summed E-state index contributed by atoms with van der Waals surface area (Å²) >= 11 is 1.77. The summed E-state index contributed by atoms with van der Waals surface area (Å²) in [6.07, 6.45) is 5.65. The van der Waals surface area contributed by atoms with Crippen molar-refractivity contribution in [1.82, 2.24) is 9.88 Å². The second-order valence-corrected chi connectivity index (χ2v) is 6.96. The first kappa shape index (κ1) is 15.7. The molecular weight excluding hydrogens is 292 g/mol. The van der Waals surface area contributed by atoms with Crippen LogP contribution in [0.4, 0.5) is 0 Å². The molecule has 2 heterocycles. The Bertz CT molecular complexity index is 569. The van der Waals surface area contributed by atoms with Gasteiger partial charge in [0.05, 0.1) is 17.3 Å². The Balaban J connectivity index is 1.54. The van der Waals surface area contributed by atoms with Crippen LogP contribution >= 0.6 is 11.3 Å². The number of piperidine rings is 1. The van der Waals surface area contributed by atoms with Crippen LogP contribution in [-0.4, -0.2) is 34.2 Å². The molecule has 1 unspecified atom stereocenters. The predicted octanol–water partition coefficient (Wildman–Crippen LogP) is 3.28. The monoisotopic (exact) mass is 316 g/mol. The molecule has 1 aromatic carbocycles. The fourth-order valence-electron chi connectivity index (χ4n) is 3.12. The maximum absolute atomic E-state index is 9.50. The average molecular weight is 316 g/mol. The molecule has 0 saturated carbocycles. The summed E-state index contributed by atoms with van der Waals surface area (Å²) in [4.78, 5) is 7.17. The van der Waals surface area contributed by atoms with Gasteiger partial charge in [0.1, 0.15) is 0 Å². The van der Waals surface area contributed by atoms with Gasteiger partial charge in [0.15, 0.2) is 0 Å². The van der Waals surface area contributed by atoms with Crippen LogP contribution in [-0.2, 0) is 19.4 Å². The van der Waals surface area contributed by atoms with Gasteiger partial charge in [-0.25, -0.2) is 4.98 Å². The van der Waals surface area contributed by atoms with Crippen molar-refractivity contribution in [2.24, 2.45) is 0 Å². The molecule has 0 amide bonds. The number of aliphatic hydroxyl groups excluding tert-OH is 1. The Morgan fingerprint density at radius 1 is 1.18 bits per heavy atom. The average Bonchev–Trinajstić information content (AvgIpc) is 3.02. The number of likely N-dealkylation sites (tertiary alicyclic amines) is 1. The van der Waals surface area contributed by atoms with Crippen molar-refractivity contribution in [3.05, 3.63) is 52.0 Å². The Morgan fingerprint density at radius 3 is 2.86 bits per heavy atom. The smallest absolute Gasteiger partial charge is 0.0932 e. The van der Waals surface area contributed by atoms with Gasteiger partial charge >= 0.3 is 0 Å². The van der Waals surface area contributed by atoms with Gasteiger partial charge in [-0.3, -0.25) is 4.90 Å². The zero-order chi connectivity index (χ0) is 15.2. The van der Waals surface area contributed by atoms with Gasteiger partial charge in [-0.15, -0.1) is 11.3 Å². The maximum Gasteiger partial charge on any atom is 0.0932 e. The summed E-state index contributed by atoms with van der Waals surface area (Å²) in [6, 6.07) is 10.9. The fraction of sp³-hybridized carbons (Fsp3) is 0.500. The predicted molar refractivity (Wildman–Crippen MR) is 91.1 cm³/mol. The molecule has 1 N–H and O–H groups in total. The van der Waals surface area contributed by atoms with Gasteiger partial charge in [-0.2, -0.15) is 0 Å². The number of hydrogen-bond donors (Lipinski definition) is 1. The van der Waals surface area contributed by atoms with Gasteiger partial charge in [-0.1, -0.05) is 36.8 Å². The van der Waals surface area contributed by atoms with Crippen LogP contribution in [0, 0.1) is 0 Å². The minimum Gasteiger partial charge on any atom is -0.395 e. The van der Waals surface area contributed by atoms with Crippen LogP contribution in [0.5, 0.6) is 0 Å². The highest BCUT2D eigenvalue weighted by Crippen LogP contribution is 2.21. The van der Waals surface area contributed by atoms with Gasteiger partial charge < -0.3 is 5.11 Å². The standard InChI is InChI=1S/C18H24N2OS/c21-13-17-8-4-5-11-20(17)12-16-14-22-18(19-16)10-9-15-6-2-1-3-7-15/h1-3,6-7,14,17,21H,4-5,8-13H2. The van der Waals surface area contributed by atoms with E-state index in [0.29, 0.717) is 6.04 Å². The Labute approximate surface area is 136 Å². The molecule has 4 heteroatoms. The van der Waals surface area contributed by atoms with E-state index in [4.69, 9.17) is 4.98 Å². The fourth-order valence-corrected chi connectivity index (χ4v) is 3.90. The van der Waals surface area contributed by atoms with E-state index in [-0.39, 0.29) is 6.61 Å². The highest BCUT2D eigenvalue weighted by molar-refractivity contribution is 7.09. The SMILES string of the molecule is OCC1CCCCN1Cc1csc(CCc2ccccc2)n1. The van der Waals surface area contributed by atoms with Crippen molar-refractivity contribution in [2.75, 3.05) is 13.2 Å². The normalized spacial score (nSPS) is 19.4. The first-order chi connectivity index (χ1) is 10.8. The van der Waals surface area contributed by atoms with Crippen molar-refractivity contribution in [3.63, 3.8) is 0 Å². The van der Waals surface area contributed by atoms with Crippen LogP contribution in [0.3, 0.4) is 0 Å². The second kappa shape index (κ2) is 7.86. The molecule has 1 fully saturated rings. The van der Waals surface area contributed by atoms with Crippen LogP contribution < -0.4 is 0 Å². The zero-order valence-corrected chi connectivity index (χ0v) is 13.8. The highest BCUT2D eigenvalue weighted by Gasteiger charge is 2.22. The Morgan fingerprint density at radius 2 is 2.05 bits per heavy atom. The number of aromatic nitrogens is 1. The van der Waals surface area contributed by atoms with E-state index in [9.17, 15) is 5.11 Å². The molecule has 1 saturated heterocycles. The maximum atomic E-state index is 9.50. The molecular formula is C18H24N2OS. The molecule has 118 valence electrons. The van der Waals surface area contributed by atoms with Crippen LogP contribution in [0.1, 0.15) is 35.5 Å². The summed E-state index contributed by atoms with van der Waals surface area (Å²) in [5, 5.41) is 12.9. The Hall–Kier alpha value is -1.23. The van der Waals surface area contributed by atoms with E-state index < -0.39 is 0 Å². The molecule has 1 aliphatic heterocycles. The summed E-state index contributed by atoms with van der Waals surface area (Å²) < 4.78 is 0. The topological polar surface area (TPSA) is 36.4 Å². The van der Waals surface area contributed by atoms with E-state index in [1.165, 1.54) is 23.4 Å². The minimum absolute atomic E-state index is 0.269. The van der Waals surface area contributed by atoms with Crippen LogP contribution in [0.25, 0.3) is 0 Å². The quantitative estimate of drug-likeness (QED) is 0.888. The molecule has 1 aromatic heterocycles. The first-order valence-electron chi connectivity index (χ1n) is 8.17. The van der Waals surface area contributed by atoms with Gasteiger partial charge in [-0.05, 0) is 31.4 Å². The third-order valence-corrected chi connectivity index (χ3v) is 5.35. The summed E-state index contributed by atoms with van der Waals surface area (Å²) in [5.74, 6) is 0. The lowest BCUT2D eigenvalue weighted by molar-refractivity contribution is 0.0832. The summed E-state index contributed by atoms with van der Waals surface area (Å²) in [6.45, 7) is 2.24. The van der Waals surface area contributed by atoms with Gasteiger partial charge in [0.2, 0.25) is 0 Å². The third kappa shape index (κ3) is 4.15. The lowest BCUT2D eigenvalue weighted by Crippen LogP contribution is -2.41. The lowest BCUT2D eigenvalue weighted by Gasteiger charge is -2.33. The molecule has 3 nitrogen and oxygen atoms in total. The number of nitrogens with zero attached hydrogens (tertiary/aromatic N) is 2. The molecule has 0 radical (unpaired) electrons. The third-order valence-electron chi connectivity index (χ3n) is 4.39. The minimum atomic E-state index is 0.269. The number of benzene rings is 1. The molecule has 0 spiro atoms. The van der Waals surface area contributed by atoms with E-state index in [1.54, 1.807) is 11.3 Å². The molecule has 22 heavy (non-hydrogen) atoms. The number of aliphatic hydroxyl groups is 1. The van der Waals surface area contributed by atoms with Crippen molar-refractivity contribution >= 4 is 11.3 Å². The van der Waals surface area contributed by atoms with Crippen LogP contribution in [0.15, 0.2) is 35.7 Å². The number of rotatable bonds is 6. The second-order valence-electron chi connectivity index (χ2n) is 6.02.